The maximum absolute atomic E-state index is 2.47. The molecule has 0 aromatic heterocycles. The zero-order chi connectivity index (χ0) is 20.6. The van der Waals surface area contributed by atoms with Crippen molar-refractivity contribution in [2.45, 2.75) is 44.9 Å². The summed E-state index contributed by atoms with van der Waals surface area (Å²) in [7, 11) is 0. The second-order valence-corrected chi connectivity index (χ2v) is 9.15. The van der Waals surface area contributed by atoms with E-state index in [1.807, 2.05) is 0 Å². The fraction of sp³-hybridized carbons (Fsp3) is 0.226. The molecular formula is C31H28. The van der Waals surface area contributed by atoms with Crippen molar-refractivity contribution >= 4 is 0 Å². The molecule has 31 heavy (non-hydrogen) atoms. The topological polar surface area (TPSA) is 0 Å². The first-order valence-corrected chi connectivity index (χ1v) is 11.8. The third kappa shape index (κ3) is 3.51. The molecule has 0 N–H and O–H groups in total. The summed E-state index contributed by atoms with van der Waals surface area (Å²) in [5.41, 5.74) is 14.8. The highest BCUT2D eigenvalue weighted by Crippen LogP contribution is 2.35. The van der Waals surface area contributed by atoms with Crippen molar-refractivity contribution in [1.82, 2.24) is 0 Å². The van der Waals surface area contributed by atoms with Crippen LogP contribution in [0.5, 0.6) is 0 Å². The molecule has 0 heterocycles. The summed E-state index contributed by atoms with van der Waals surface area (Å²) < 4.78 is 0. The van der Waals surface area contributed by atoms with Gasteiger partial charge in [0.1, 0.15) is 0 Å². The van der Waals surface area contributed by atoms with E-state index in [0.717, 1.165) is 12.8 Å². The highest BCUT2D eigenvalue weighted by Gasteiger charge is 2.17. The molecule has 152 valence electrons. The minimum absolute atomic E-state index is 1.16. The normalized spacial score (nSPS) is 13.7. The molecular weight excluding hydrogens is 372 g/mol. The number of hydrogen-bond acceptors (Lipinski definition) is 0. The Morgan fingerprint density at radius 2 is 0.839 bits per heavy atom. The van der Waals surface area contributed by atoms with Crippen LogP contribution in [0.3, 0.4) is 0 Å². The highest BCUT2D eigenvalue weighted by atomic mass is 14.2. The van der Waals surface area contributed by atoms with Crippen molar-refractivity contribution < 1.29 is 0 Å². The summed E-state index contributed by atoms with van der Waals surface area (Å²) in [5, 5.41) is 0. The van der Waals surface area contributed by atoms with Gasteiger partial charge in [-0.3, -0.25) is 0 Å². The number of aryl methyl sites for hydroxylation is 6. The van der Waals surface area contributed by atoms with Gasteiger partial charge in [0, 0.05) is 0 Å². The predicted octanol–water partition coefficient (Wildman–Crippen LogP) is 7.39. The first-order valence-electron chi connectivity index (χ1n) is 11.8. The van der Waals surface area contributed by atoms with Gasteiger partial charge in [-0.2, -0.15) is 0 Å². The molecule has 0 amide bonds. The van der Waals surface area contributed by atoms with Crippen LogP contribution in [-0.4, -0.2) is 0 Å². The fourth-order valence-electron chi connectivity index (χ4n) is 5.58. The molecule has 0 nitrogen and oxygen atoms in total. The van der Waals surface area contributed by atoms with Crippen molar-refractivity contribution in [2.75, 3.05) is 0 Å². The molecule has 2 aliphatic rings. The van der Waals surface area contributed by atoms with Crippen molar-refractivity contribution in [3.63, 3.8) is 0 Å². The third-order valence-corrected chi connectivity index (χ3v) is 7.21. The van der Waals surface area contributed by atoms with Gasteiger partial charge in [-0.25, -0.2) is 0 Å². The standard InChI is InChI=1S/C31H28/c1-3-10-28-24(8-1)14-16-26-20-22(12-18-30(26)28)6-5-7-23-13-19-31-27(21-23)17-15-25-9-2-4-11-29(25)31/h1-4,8-13,18-21H,5-7,14-17H2. The SMILES string of the molecule is c1ccc2c(c1)CCc1cc(CCCc3ccc4c(c3)CCc3ccccc3-4)ccc1-2. The highest BCUT2D eigenvalue weighted by molar-refractivity contribution is 5.74. The van der Waals surface area contributed by atoms with Crippen molar-refractivity contribution in [3.8, 4) is 22.3 Å². The molecule has 0 bridgehead atoms. The van der Waals surface area contributed by atoms with E-state index in [9.17, 15) is 0 Å². The molecule has 4 aromatic carbocycles. The van der Waals surface area contributed by atoms with Gasteiger partial charge in [0.25, 0.3) is 0 Å². The number of hydrogen-bond donors (Lipinski definition) is 0. The van der Waals surface area contributed by atoms with Crippen LogP contribution in [0, 0.1) is 0 Å². The second-order valence-electron chi connectivity index (χ2n) is 9.15. The number of fused-ring (bicyclic) bond motifs is 6. The van der Waals surface area contributed by atoms with Crippen molar-refractivity contribution in [2.24, 2.45) is 0 Å². The quantitative estimate of drug-likeness (QED) is 0.335. The molecule has 2 aliphatic carbocycles. The lowest BCUT2D eigenvalue weighted by Gasteiger charge is -2.21. The lowest BCUT2D eigenvalue weighted by Crippen LogP contribution is -2.05. The van der Waals surface area contributed by atoms with E-state index in [1.165, 1.54) is 87.7 Å². The van der Waals surface area contributed by atoms with E-state index in [1.54, 1.807) is 0 Å². The first-order chi connectivity index (χ1) is 15.3. The molecule has 0 fully saturated rings. The van der Waals surface area contributed by atoms with Gasteiger partial charge in [-0.15, -0.1) is 0 Å². The Labute approximate surface area is 185 Å². The Morgan fingerprint density at radius 3 is 1.35 bits per heavy atom. The van der Waals surface area contributed by atoms with Gasteiger partial charge in [0.05, 0.1) is 0 Å². The summed E-state index contributed by atoms with van der Waals surface area (Å²) in [6.45, 7) is 0. The largest absolute Gasteiger partial charge is 0.0620 e. The fourth-order valence-corrected chi connectivity index (χ4v) is 5.58. The molecule has 0 unspecified atom stereocenters. The van der Waals surface area contributed by atoms with Crippen LogP contribution in [0.1, 0.15) is 39.8 Å². The van der Waals surface area contributed by atoms with Gasteiger partial charge in [-0.05, 0) is 101 Å². The van der Waals surface area contributed by atoms with Crippen LogP contribution in [0.25, 0.3) is 22.3 Å². The predicted molar refractivity (Wildman–Crippen MR) is 131 cm³/mol. The number of rotatable bonds is 4. The van der Waals surface area contributed by atoms with Gasteiger partial charge in [0.15, 0.2) is 0 Å². The molecule has 0 heteroatoms. The van der Waals surface area contributed by atoms with Crippen LogP contribution < -0.4 is 0 Å². The summed E-state index contributed by atoms with van der Waals surface area (Å²) >= 11 is 0. The van der Waals surface area contributed by atoms with E-state index in [2.05, 4.69) is 84.9 Å². The van der Waals surface area contributed by atoms with Gasteiger partial charge in [-0.1, -0.05) is 84.9 Å². The Hall–Kier alpha value is -3.12. The Kier molecular flexibility index (Phi) is 4.72. The minimum atomic E-state index is 1.16. The Balaban J connectivity index is 1.15. The summed E-state index contributed by atoms with van der Waals surface area (Å²) in [6, 6.07) is 32.1. The molecule has 0 spiro atoms. The summed E-state index contributed by atoms with van der Waals surface area (Å²) in [5.74, 6) is 0. The zero-order valence-electron chi connectivity index (χ0n) is 18.0. The molecule has 6 rings (SSSR count). The van der Waals surface area contributed by atoms with Crippen LogP contribution in [0.2, 0.25) is 0 Å². The van der Waals surface area contributed by atoms with Crippen LogP contribution in [0.15, 0.2) is 84.9 Å². The van der Waals surface area contributed by atoms with Crippen LogP contribution >= 0.6 is 0 Å². The molecule has 0 radical (unpaired) electrons. The summed E-state index contributed by atoms with van der Waals surface area (Å²) in [4.78, 5) is 0. The average molecular weight is 401 g/mol. The van der Waals surface area contributed by atoms with Crippen molar-refractivity contribution in [1.29, 1.82) is 0 Å². The van der Waals surface area contributed by atoms with E-state index < -0.39 is 0 Å². The number of benzene rings is 4. The summed E-state index contributed by atoms with van der Waals surface area (Å²) in [6.07, 6.45) is 8.23. The van der Waals surface area contributed by atoms with Gasteiger partial charge in [0.2, 0.25) is 0 Å². The van der Waals surface area contributed by atoms with Crippen LogP contribution in [-0.2, 0) is 38.5 Å². The maximum Gasteiger partial charge on any atom is -0.0149 e. The lowest BCUT2D eigenvalue weighted by atomic mass is 9.84. The van der Waals surface area contributed by atoms with E-state index in [-0.39, 0.29) is 0 Å². The third-order valence-electron chi connectivity index (χ3n) is 7.21. The van der Waals surface area contributed by atoms with E-state index in [0.29, 0.717) is 0 Å². The van der Waals surface area contributed by atoms with E-state index in [4.69, 9.17) is 0 Å². The lowest BCUT2D eigenvalue weighted by molar-refractivity contribution is 0.814. The van der Waals surface area contributed by atoms with E-state index >= 15 is 0 Å². The van der Waals surface area contributed by atoms with Crippen molar-refractivity contribution in [3.05, 3.63) is 118 Å². The Bertz CT molecular complexity index is 1160. The Morgan fingerprint density at radius 1 is 0.419 bits per heavy atom. The minimum Gasteiger partial charge on any atom is -0.0620 e. The molecule has 0 aliphatic heterocycles. The maximum atomic E-state index is 2.47. The molecule has 0 saturated heterocycles. The molecule has 4 aromatic rings. The second kappa shape index (κ2) is 7.85. The zero-order valence-corrected chi connectivity index (χ0v) is 18.0. The van der Waals surface area contributed by atoms with Gasteiger partial charge >= 0.3 is 0 Å². The smallest absolute Gasteiger partial charge is 0.0149 e. The van der Waals surface area contributed by atoms with Crippen LogP contribution in [0.4, 0.5) is 0 Å². The van der Waals surface area contributed by atoms with Gasteiger partial charge < -0.3 is 0 Å². The first kappa shape index (κ1) is 18.6. The average Bonchev–Trinajstić information content (AvgIpc) is 2.83. The monoisotopic (exact) mass is 400 g/mol. The molecule has 0 atom stereocenters. The molecule has 0 saturated carbocycles.